The highest BCUT2D eigenvalue weighted by Gasteiger charge is 2.25. The molecule has 3 heterocycles. The molecule has 0 bridgehead atoms. The molecular weight excluding hydrogens is 260 g/mol. The monoisotopic (exact) mass is 274 g/mol. The minimum Gasteiger partial charge on any atom is -0.292 e. The molecule has 0 aromatic carbocycles. The Morgan fingerprint density at radius 2 is 2.42 bits per heavy atom. The van der Waals surface area contributed by atoms with Gasteiger partial charge >= 0.3 is 0 Å². The Morgan fingerprint density at radius 1 is 1.53 bits per heavy atom. The molecule has 7 heteroatoms. The molecule has 3 N–H and O–H groups in total. The first kappa shape index (κ1) is 11.1. The van der Waals surface area contributed by atoms with E-state index in [0.717, 1.165) is 22.3 Å². The molecule has 6 nitrogen and oxygen atoms in total. The fraction of sp³-hybridized carbons (Fsp3) is 0.417. The summed E-state index contributed by atoms with van der Waals surface area (Å²) in [6, 6.07) is 0. The average molecular weight is 274 g/mol. The topological polar surface area (TPSA) is 81.1 Å². The van der Waals surface area contributed by atoms with Gasteiger partial charge in [-0.1, -0.05) is 6.92 Å². The molecule has 0 fully saturated rings. The zero-order chi connectivity index (χ0) is 13.0. The zero-order valence-corrected chi connectivity index (χ0v) is 11.4. The smallest absolute Gasteiger partial charge is 0.241 e. The molecule has 0 spiro atoms. The lowest BCUT2D eigenvalue weighted by Crippen LogP contribution is -2.13. The van der Waals surface area contributed by atoms with Crippen LogP contribution in [0.4, 0.5) is 5.95 Å². The Balaban J connectivity index is 2.18. The van der Waals surface area contributed by atoms with Gasteiger partial charge in [-0.3, -0.25) is 5.43 Å². The summed E-state index contributed by atoms with van der Waals surface area (Å²) in [5.41, 5.74) is 4.86. The number of nitrogen functional groups attached to an aromatic ring is 1. The maximum atomic E-state index is 5.52. The van der Waals surface area contributed by atoms with Gasteiger partial charge in [-0.25, -0.2) is 15.8 Å². The second kappa shape index (κ2) is 3.88. The number of fused-ring (bicyclic) bond motifs is 5. The Bertz CT molecular complexity index is 773. The van der Waals surface area contributed by atoms with E-state index < -0.39 is 0 Å². The van der Waals surface area contributed by atoms with Gasteiger partial charge in [-0.05, 0) is 30.7 Å². The van der Waals surface area contributed by atoms with E-state index in [1.807, 2.05) is 0 Å². The lowest BCUT2D eigenvalue weighted by molar-refractivity contribution is 0.602. The number of hydrogen-bond donors (Lipinski definition) is 2. The number of aryl methyl sites for hydroxylation is 1. The van der Waals surface area contributed by atoms with Crippen molar-refractivity contribution in [1.82, 2.24) is 19.6 Å². The summed E-state index contributed by atoms with van der Waals surface area (Å²) in [6.07, 6.45) is 5.18. The van der Waals surface area contributed by atoms with Crippen LogP contribution in [0.15, 0.2) is 6.33 Å². The van der Waals surface area contributed by atoms with Crippen LogP contribution in [-0.4, -0.2) is 19.6 Å². The van der Waals surface area contributed by atoms with Crippen LogP contribution in [0.1, 0.15) is 36.1 Å². The van der Waals surface area contributed by atoms with Crippen molar-refractivity contribution < 1.29 is 0 Å². The number of nitrogens with two attached hydrogens (primary N) is 1. The Labute approximate surface area is 113 Å². The minimum absolute atomic E-state index is 0.534. The molecular formula is C12H14N6S. The number of hydrogen-bond acceptors (Lipinski definition) is 6. The molecule has 98 valence electrons. The van der Waals surface area contributed by atoms with E-state index in [1.165, 1.54) is 23.3 Å². The van der Waals surface area contributed by atoms with Crippen LogP contribution < -0.4 is 11.3 Å². The maximum Gasteiger partial charge on any atom is 0.241 e. The highest BCUT2D eigenvalue weighted by atomic mass is 32.1. The van der Waals surface area contributed by atoms with Gasteiger partial charge in [0, 0.05) is 4.88 Å². The number of nitrogens with zero attached hydrogens (tertiary/aromatic N) is 4. The lowest BCUT2D eigenvalue weighted by atomic mass is 9.87. The van der Waals surface area contributed by atoms with Gasteiger partial charge in [0.05, 0.1) is 5.39 Å². The van der Waals surface area contributed by atoms with E-state index in [4.69, 9.17) is 5.84 Å². The van der Waals surface area contributed by atoms with Crippen LogP contribution in [0, 0.1) is 0 Å². The first-order valence-corrected chi connectivity index (χ1v) is 7.23. The highest BCUT2D eigenvalue weighted by molar-refractivity contribution is 7.19. The second-order valence-corrected chi connectivity index (χ2v) is 6.07. The Hall–Kier alpha value is -1.73. The van der Waals surface area contributed by atoms with Crippen molar-refractivity contribution in [1.29, 1.82) is 0 Å². The van der Waals surface area contributed by atoms with Crippen LogP contribution >= 0.6 is 11.3 Å². The normalized spacial score (nSPS) is 18.9. The van der Waals surface area contributed by atoms with Crippen LogP contribution in [0.2, 0.25) is 0 Å². The van der Waals surface area contributed by atoms with Crippen molar-refractivity contribution >= 4 is 33.1 Å². The van der Waals surface area contributed by atoms with Crippen molar-refractivity contribution in [2.24, 2.45) is 5.84 Å². The molecule has 0 saturated carbocycles. The van der Waals surface area contributed by atoms with Gasteiger partial charge in [-0.2, -0.15) is 9.61 Å². The molecule has 3 aromatic heterocycles. The van der Waals surface area contributed by atoms with Crippen LogP contribution in [0.3, 0.4) is 0 Å². The second-order valence-electron chi connectivity index (χ2n) is 4.99. The van der Waals surface area contributed by atoms with E-state index in [0.29, 0.717) is 11.9 Å². The number of rotatable bonds is 1. The van der Waals surface area contributed by atoms with Gasteiger partial charge in [0.25, 0.3) is 0 Å². The van der Waals surface area contributed by atoms with Crippen molar-refractivity contribution in [3.8, 4) is 0 Å². The molecule has 1 atom stereocenters. The number of anilines is 1. The minimum atomic E-state index is 0.534. The highest BCUT2D eigenvalue weighted by Crippen LogP contribution is 2.43. The first-order valence-electron chi connectivity index (χ1n) is 6.41. The summed E-state index contributed by atoms with van der Waals surface area (Å²) in [4.78, 5) is 11.4. The lowest BCUT2D eigenvalue weighted by Gasteiger charge is -2.18. The summed E-state index contributed by atoms with van der Waals surface area (Å²) in [6.45, 7) is 2.28. The summed E-state index contributed by atoms with van der Waals surface area (Å²) >= 11 is 1.76. The van der Waals surface area contributed by atoms with Gasteiger partial charge in [0.2, 0.25) is 5.95 Å². The SMILES string of the molecule is C[C@@H]1CCCc2sc3nc(NN)n4ncnc4c3c21. The average Bonchev–Trinajstić information content (AvgIpc) is 3.01. The van der Waals surface area contributed by atoms with Crippen molar-refractivity contribution in [3.63, 3.8) is 0 Å². The van der Waals surface area contributed by atoms with Crippen LogP contribution in [-0.2, 0) is 6.42 Å². The van der Waals surface area contributed by atoms with Crippen LogP contribution in [0.5, 0.6) is 0 Å². The number of thiophene rings is 1. The fourth-order valence-corrected chi connectivity index (χ4v) is 4.32. The predicted molar refractivity (Wildman–Crippen MR) is 75.3 cm³/mol. The summed E-state index contributed by atoms with van der Waals surface area (Å²) in [7, 11) is 0. The molecule has 0 saturated heterocycles. The zero-order valence-electron chi connectivity index (χ0n) is 10.6. The standard InChI is InChI=1S/C12H14N6S/c1-6-3-2-4-7-8(6)9-10-14-5-15-18(10)12(17-13)16-11(9)19-7/h5-6H,2-4,13H2,1H3,(H,16,17)/t6-/m1/s1. The van der Waals surface area contributed by atoms with Gasteiger partial charge < -0.3 is 0 Å². The molecule has 4 rings (SSSR count). The Morgan fingerprint density at radius 3 is 3.26 bits per heavy atom. The third-order valence-corrected chi connectivity index (χ3v) is 5.00. The first-order chi connectivity index (χ1) is 9.29. The molecule has 1 aliphatic carbocycles. The van der Waals surface area contributed by atoms with E-state index in [9.17, 15) is 0 Å². The van der Waals surface area contributed by atoms with Crippen molar-refractivity contribution in [3.05, 3.63) is 16.8 Å². The molecule has 0 radical (unpaired) electrons. The third kappa shape index (κ3) is 1.42. The largest absolute Gasteiger partial charge is 0.292 e. The third-order valence-electron chi connectivity index (χ3n) is 3.85. The summed E-state index contributed by atoms with van der Waals surface area (Å²) in [5.74, 6) is 6.62. The molecule has 0 amide bonds. The molecule has 19 heavy (non-hydrogen) atoms. The summed E-state index contributed by atoms with van der Waals surface area (Å²) < 4.78 is 1.68. The molecule has 1 aliphatic rings. The molecule has 0 aliphatic heterocycles. The summed E-state index contributed by atoms with van der Waals surface area (Å²) in [5, 5.41) is 5.35. The molecule has 0 unspecified atom stereocenters. The Kier molecular flexibility index (Phi) is 2.27. The number of aromatic nitrogens is 4. The van der Waals surface area contributed by atoms with Gasteiger partial charge in [0.1, 0.15) is 11.2 Å². The number of hydrazine groups is 1. The molecule has 3 aromatic rings. The van der Waals surface area contributed by atoms with E-state index >= 15 is 0 Å². The van der Waals surface area contributed by atoms with Crippen molar-refractivity contribution in [2.75, 3.05) is 5.43 Å². The quantitative estimate of drug-likeness (QED) is 0.524. The predicted octanol–water partition coefficient (Wildman–Crippen LogP) is 2.06. The van der Waals surface area contributed by atoms with E-state index in [-0.39, 0.29) is 0 Å². The fourth-order valence-electron chi connectivity index (χ4n) is 3.00. The van der Waals surface area contributed by atoms with E-state index in [1.54, 1.807) is 22.2 Å². The number of nitrogens with one attached hydrogen (secondary N) is 1. The van der Waals surface area contributed by atoms with Crippen LogP contribution in [0.25, 0.3) is 15.9 Å². The van der Waals surface area contributed by atoms with Gasteiger partial charge in [0.15, 0.2) is 5.65 Å². The van der Waals surface area contributed by atoms with E-state index in [2.05, 4.69) is 27.4 Å². The van der Waals surface area contributed by atoms with Crippen molar-refractivity contribution in [2.45, 2.75) is 32.1 Å². The maximum absolute atomic E-state index is 5.52. The van der Waals surface area contributed by atoms with Gasteiger partial charge in [-0.15, -0.1) is 11.3 Å².